The van der Waals surface area contributed by atoms with Crippen molar-refractivity contribution in [3.05, 3.63) is 0 Å². The highest BCUT2D eigenvalue weighted by Gasteiger charge is 2.37. The largest absolute Gasteiger partial charge is 0.296 e. The predicted molar refractivity (Wildman–Crippen MR) is 40.8 cm³/mol. The van der Waals surface area contributed by atoms with Gasteiger partial charge in [0.2, 0.25) is 4.33 Å². The van der Waals surface area contributed by atoms with E-state index in [0.29, 0.717) is 0 Å². The Morgan fingerprint density at radius 2 is 1.80 bits per heavy atom. The van der Waals surface area contributed by atoms with Gasteiger partial charge in [-0.1, -0.05) is 23.2 Å². The molecule has 0 saturated heterocycles. The topological polar surface area (TPSA) is 34.1 Å². The zero-order chi connectivity index (χ0) is 8.36. The molecular weight excluding hydrogens is 198 g/mol. The van der Waals surface area contributed by atoms with Crippen LogP contribution in [-0.4, -0.2) is 21.8 Å². The Labute approximate surface area is 73.4 Å². The summed E-state index contributed by atoms with van der Waals surface area (Å²) in [4.78, 5) is 21.2. The molecule has 0 rings (SSSR count). The second kappa shape index (κ2) is 3.56. The summed E-state index contributed by atoms with van der Waals surface area (Å²) in [5, 5.41) is 0. The molecule has 0 aliphatic rings. The first-order valence-electron chi connectivity index (χ1n) is 2.41. The van der Waals surface area contributed by atoms with Crippen molar-refractivity contribution < 1.29 is 9.59 Å². The number of carbonyl (C=O) groups is 2. The summed E-state index contributed by atoms with van der Waals surface area (Å²) in [7, 11) is 0. The Morgan fingerprint density at radius 1 is 1.40 bits per heavy atom. The molecule has 0 radical (unpaired) electrons. The molecule has 0 N–H and O–H groups in total. The summed E-state index contributed by atoms with van der Waals surface area (Å²) in [6.45, 7) is 1.13. The van der Waals surface area contributed by atoms with Gasteiger partial charge in [-0.3, -0.25) is 9.59 Å². The molecule has 0 spiro atoms. The molecule has 58 valence electrons. The minimum atomic E-state index is -1.96. The Bertz CT molecular complexity index is 164. The van der Waals surface area contributed by atoms with Crippen LogP contribution in [0.1, 0.15) is 6.92 Å². The smallest absolute Gasteiger partial charge is 0.234 e. The van der Waals surface area contributed by atoms with Crippen molar-refractivity contribution in [2.75, 3.05) is 5.88 Å². The molecular formula is C5H5Cl3O2. The monoisotopic (exact) mass is 202 g/mol. The van der Waals surface area contributed by atoms with Crippen LogP contribution in [-0.2, 0) is 9.59 Å². The molecule has 0 saturated carbocycles. The average molecular weight is 203 g/mol. The lowest BCUT2D eigenvalue weighted by Crippen LogP contribution is -2.34. The van der Waals surface area contributed by atoms with Gasteiger partial charge in [0.25, 0.3) is 0 Å². The lowest BCUT2D eigenvalue weighted by molar-refractivity contribution is -0.125. The summed E-state index contributed by atoms with van der Waals surface area (Å²) in [6, 6.07) is 0. The summed E-state index contributed by atoms with van der Waals surface area (Å²) < 4.78 is -1.96. The van der Waals surface area contributed by atoms with Gasteiger partial charge in [-0.05, 0) is 6.92 Å². The summed E-state index contributed by atoms with van der Waals surface area (Å²) >= 11 is 15.7. The molecule has 2 nitrogen and oxygen atoms in total. The fraction of sp³-hybridized carbons (Fsp3) is 0.600. The maximum atomic E-state index is 10.7. The normalized spacial score (nSPS) is 11.2. The first kappa shape index (κ1) is 10.2. The van der Waals surface area contributed by atoms with Gasteiger partial charge < -0.3 is 0 Å². The van der Waals surface area contributed by atoms with E-state index in [-0.39, 0.29) is 5.88 Å². The Balaban J connectivity index is 4.40. The van der Waals surface area contributed by atoms with Gasteiger partial charge in [-0.2, -0.15) is 0 Å². The summed E-state index contributed by atoms with van der Waals surface area (Å²) in [5.41, 5.74) is 0. The number of hydrogen-bond donors (Lipinski definition) is 0. The fourth-order valence-corrected chi connectivity index (χ4v) is 0.751. The number of rotatable bonds is 3. The molecule has 10 heavy (non-hydrogen) atoms. The third-order valence-electron chi connectivity index (χ3n) is 0.914. The van der Waals surface area contributed by atoms with E-state index in [4.69, 9.17) is 34.8 Å². The van der Waals surface area contributed by atoms with E-state index >= 15 is 0 Å². The van der Waals surface area contributed by atoms with Crippen LogP contribution in [0.3, 0.4) is 0 Å². The number of ketones is 2. The van der Waals surface area contributed by atoms with Gasteiger partial charge in [-0.25, -0.2) is 0 Å². The Morgan fingerprint density at radius 3 is 1.90 bits per heavy atom. The van der Waals surface area contributed by atoms with E-state index in [9.17, 15) is 9.59 Å². The van der Waals surface area contributed by atoms with E-state index in [1.165, 1.54) is 0 Å². The molecule has 0 unspecified atom stereocenters. The molecule has 0 aromatic carbocycles. The van der Waals surface area contributed by atoms with E-state index < -0.39 is 15.9 Å². The summed E-state index contributed by atoms with van der Waals surface area (Å²) in [6.07, 6.45) is 0. The Kier molecular flexibility index (Phi) is 3.63. The van der Waals surface area contributed by atoms with Crippen molar-refractivity contribution in [3.63, 3.8) is 0 Å². The minimum absolute atomic E-state index is 0.355. The van der Waals surface area contributed by atoms with Crippen molar-refractivity contribution >= 4 is 46.4 Å². The average Bonchev–Trinajstić information content (AvgIpc) is 1.86. The molecule has 0 atom stereocenters. The van der Waals surface area contributed by atoms with Gasteiger partial charge in [0.05, 0.1) is 5.88 Å². The molecule has 0 aromatic heterocycles. The third kappa shape index (κ3) is 2.11. The minimum Gasteiger partial charge on any atom is -0.296 e. The maximum absolute atomic E-state index is 10.7. The van der Waals surface area contributed by atoms with Crippen molar-refractivity contribution in [1.82, 2.24) is 0 Å². The number of halogens is 3. The van der Waals surface area contributed by atoms with Crippen LogP contribution in [0.5, 0.6) is 0 Å². The van der Waals surface area contributed by atoms with Gasteiger partial charge in [0.15, 0.2) is 11.6 Å². The van der Waals surface area contributed by atoms with Gasteiger partial charge in [0, 0.05) is 0 Å². The van der Waals surface area contributed by atoms with E-state index in [0.717, 1.165) is 6.92 Å². The van der Waals surface area contributed by atoms with Crippen LogP contribution in [0.15, 0.2) is 0 Å². The van der Waals surface area contributed by atoms with E-state index in [1.807, 2.05) is 0 Å². The molecule has 0 heterocycles. The fourth-order valence-electron chi connectivity index (χ4n) is 0.280. The highest BCUT2D eigenvalue weighted by molar-refractivity contribution is 6.69. The maximum Gasteiger partial charge on any atom is 0.234 e. The first-order valence-corrected chi connectivity index (χ1v) is 3.70. The van der Waals surface area contributed by atoms with E-state index in [1.54, 1.807) is 0 Å². The van der Waals surface area contributed by atoms with Crippen molar-refractivity contribution in [2.24, 2.45) is 0 Å². The third-order valence-corrected chi connectivity index (χ3v) is 2.11. The number of alkyl halides is 3. The van der Waals surface area contributed by atoms with Crippen LogP contribution in [0, 0.1) is 0 Å². The summed E-state index contributed by atoms with van der Waals surface area (Å²) in [5.74, 6) is -1.65. The van der Waals surface area contributed by atoms with Gasteiger partial charge in [-0.15, -0.1) is 11.6 Å². The quantitative estimate of drug-likeness (QED) is 0.515. The van der Waals surface area contributed by atoms with Crippen LogP contribution < -0.4 is 0 Å². The van der Waals surface area contributed by atoms with Crippen LogP contribution in [0.2, 0.25) is 0 Å². The zero-order valence-corrected chi connectivity index (χ0v) is 7.43. The lowest BCUT2D eigenvalue weighted by Gasteiger charge is -2.11. The standard InChI is InChI=1S/C5H5Cl3O2/c1-3(9)5(7,8)4(10)2-6/h2H2,1H3. The number of Topliss-reactive ketones (excluding diaryl/α,β-unsaturated/α-hetero) is 2. The molecule has 0 aliphatic heterocycles. The van der Waals surface area contributed by atoms with Crippen LogP contribution in [0.4, 0.5) is 0 Å². The molecule has 5 heteroatoms. The zero-order valence-electron chi connectivity index (χ0n) is 5.16. The molecule has 0 aliphatic carbocycles. The second-order valence-electron chi connectivity index (χ2n) is 1.69. The molecule has 0 fully saturated rings. The molecule has 0 bridgehead atoms. The predicted octanol–water partition coefficient (Wildman–Crippen LogP) is 1.56. The van der Waals surface area contributed by atoms with Crippen molar-refractivity contribution in [1.29, 1.82) is 0 Å². The molecule has 0 aromatic rings. The number of carbonyl (C=O) groups excluding carboxylic acids is 2. The molecule has 0 amide bonds. The Hall–Kier alpha value is 0.210. The first-order chi connectivity index (χ1) is 4.42. The second-order valence-corrected chi connectivity index (χ2v) is 3.28. The van der Waals surface area contributed by atoms with Crippen LogP contribution in [0.25, 0.3) is 0 Å². The van der Waals surface area contributed by atoms with Crippen molar-refractivity contribution in [2.45, 2.75) is 11.3 Å². The number of hydrogen-bond acceptors (Lipinski definition) is 2. The van der Waals surface area contributed by atoms with E-state index in [2.05, 4.69) is 0 Å². The van der Waals surface area contributed by atoms with Crippen LogP contribution >= 0.6 is 34.8 Å². The highest BCUT2D eigenvalue weighted by Crippen LogP contribution is 2.23. The van der Waals surface area contributed by atoms with Gasteiger partial charge >= 0.3 is 0 Å². The van der Waals surface area contributed by atoms with Gasteiger partial charge in [0.1, 0.15) is 0 Å². The highest BCUT2D eigenvalue weighted by atomic mass is 35.5. The SMILES string of the molecule is CC(=O)C(Cl)(Cl)C(=O)CCl. The lowest BCUT2D eigenvalue weighted by atomic mass is 10.2. The van der Waals surface area contributed by atoms with Crippen molar-refractivity contribution in [3.8, 4) is 0 Å².